The molecule has 2 amide bonds. The summed E-state index contributed by atoms with van der Waals surface area (Å²) in [6.45, 7) is 8.43. The van der Waals surface area contributed by atoms with Crippen LogP contribution in [0.15, 0.2) is 0 Å². The van der Waals surface area contributed by atoms with Crippen molar-refractivity contribution in [2.24, 2.45) is 11.8 Å². The molecule has 20 atom stereocenters. The van der Waals surface area contributed by atoms with Gasteiger partial charge in [-0.3, -0.25) is 19.2 Å². The second-order valence-corrected chi connectivity index (χ2v) is 19.2. The Balaban J connectivity index is 1.88. The van der Waals surface area contributed by atoms with Crippen LogP contribution in [-0.2, 0) is 61.9 Å². The lowest BCUT2D eigenvalue weighted by Gasteiger charge is -2.51. The average Bonchev–Trinajstić information content (AvgIpc) is 3.21. The monoisotopic (exact) mass is 972 g/mol. The van der Waals surface area contributed by atoms with Gasteiger partial charge in [0, 0.05) is 20.3 Å². The SMILES string of the molecule is CC(=O)N[C@H]1[C@H](O[C@H]2C[C@H](C(=O)OC(C)(C)C)[C@@H](C(=O)OC(C)(C)C)C[C@H]2O[C@]2(C(=O)O)C[C@H](O)[C@@H](NC(C)=O)[C@H]([C@H](O)[C@H](O)CO)O2)O[C@H](CO)[C@@H](O)[C@@H]1O[C@@H]1O[C@H](CO)[C@H](O)[C@H](O)[C@H]1O. The molecule has 0 unspecified atom stereocenters. The number of carbonyl (C=O) groups is 5. The molecule has 0 bridgehead atoms. The molecule has 0 aromatic rings. The standard InChI is InChI=1S/C41H68N2O24/c1-15(47)42-25-19(49)11-41(38(58)59,65-33(25)27(51)20(50)12-44)64-22-10-18(35(57)67-40(6,7)8)17(34(56)66-39(3,4)5)9-21(22)60-36-26(43-16(2)48)32(29(53)24(14-46)61-36)63-37-31(55)30(54)28(52)23(13-45)62-37/h17-33,36-37,44-46,49-55H,9-14H2,1-8H3,(H,42,47)(H,43,48)(H,58,59)/t17-,18-,19-,20+,21-,22+,23+,24+,25+,26+,27+,28-,29+,30-,31+,32+,33+,36+,37-,41+/m0/s1. The first-order valence-corrected chi connectivity index (χ1v) is 21.8. The zero-order valence-electron chi connectivity index (χ0n) is 38.4. The molecule has 0 aromatic heterocycles. The van der Waals surface area contributed by atoms with E-state index in [2.05, 4.69) is 10.6 Å². The van der Waals surface area contributed by atoms with Gasteiger partial charge < -0.3 is 105 Å². The fourth-order valence-corrected chi connectivity index (χ4v) is 8.41. The van der Waals surface area contributed by atoms with Crippen molar-refractivity contribution in [1.29, 1.82) is 0 Å². The summed E-state index contributed by atoms with van der Waals surface area (Å²) in [7, 11) is 0. The number of aliphatic carboxylic acids is 1. The van der Waals surface area contributed by atoms with Gasteiger partial charge in [0.15, 0.2) is 12.6 Å². The van der Waals surface area contributed by atoms with Crippen LogP contribution in [0.1, 0.15) is 74.7 Å². The summed E-state index contributed by atoms with van der Waals surface area (Å²) in [4.78, 5) is 66.6. The van der Waals surface area contributed by atoms with E-state index in [0.717, 1.165) is 13.8 Å². The van der Waals surface area contributed by atoms with Gasteiger partial charge in [0.25, 0.3) is 5.79 Å². The van der Waals surface area contributed by atoms with Gasteiger partial charge in [0.1, 0.15) is 78.3 Å². The Morgan fingerprint density at radius 2 is 1.18 bits per heavy atom. The minimum Gasteiger partial charge on any atom is -0.477 e. The van der Waals surface area contributed by atoms with E-state index in [-0.39, 0.29) is 0 Å². The number of esters is 2. The molecule has 386 valence electrons. The Kier molecular flexibility index (Phi) is 19.0. The van der Waals surface area contributed by atoms with Crippen LogP contribution >= 0.6 is 0 Å². The maximum Gasteiger partial charge on any atom is 0.364 e. The summed E-state index contributed by atoms with van der Waals surface area (Å²) in [5.41, 5.74) is -2.29. The van der Waals surface area contributed by atoms with Gasteiger partial charge in [-0.1, -0.05) is 0 Å². The molecular weight excluding hydrogens is 904 g/mol. The van der Waals surface area contributed by atoms with E-state index in [9.17, 15) is 80.1 Å². The fraction of sp³-hybridized carbons (Fsp3) is 0.878. The molecule has 1 aliphatic carbocycles. The maximum absolute atomic E-state index is 14.1. The van der Waals surface area contributed by atoms with Crippen LogP contribution in [0.5, 0.6) is 0 Å². The smallest absolute Gasteiger partial charge is 0.364 e. The van der Waals surface area contributed by atoms with Gasteiger partial charge in [-0.25, -0.2) is 4.79 Å². The van der Waals surface area contributed by atoms with E-state index in [1.54, 1.807) is 41.5 Å². The highest BCUT2D eigenvalue weighted by molar-refractivity contribution is 5.83. The van der Waals surface area contributed by atoms with Gasteiger partial charge in [0.2, 0.25) is 11.8 Å². The number of carbonyl (C=O) groups excluding carboxylic acids is 4. The molecule has 0 aromatic carbocycles. The number of hydrogen-bond acceptors (Lipinski definition) is 23. The summed E-state index contributed by atoms with van der Waals surface area (Å²) >= 11 is 0. The lowest BCUT2D eigenvalue weighted by molar-refractivity contribution is -0.360. The zero-order valence-corrected chi connectivity index (χ0v) is 38.4. The normalized spacial score (nSPS) is 39.3. The Bertz CT molecular complexity index is 1710. The predicted molar refractivity (Wildman–Crippen MR) is 218 cm³/mol. The topological polar surface area (TPSA) is 406 Å². The third-order valence-corrected chi connectivity index (χ3v) is 11.5. The minimum absolute atomic E-state index is 0.608. The van der Waals surface area contributed by atoms with Crippen molar-refractivity contribution in [2.45, 2.75) is 196 Å². The molecule has 4 aliphatic rings. The molecule has 0 radical (unpaired) electrons. The van der Waals surface area contributed by atoms with E-state index in [1.807, 2.05) is 0 Å². The first-order chi connectivity index (χ1) is 31.0. The van der Waals surface area contributed by atoms with E-state index in [1.165, 1.54) is 0 Å². The summed E-state index contributed by atoms with van der Waals surface area (Å²) in [5, 5.41) is 122. The number of aliphatic hydroxyl groups is 10. The van der Waals surface area contributed by atoms with Crippen molar-refractivity contribution in [3.63, 3.8) is 0 Å². The van der Waals surface area contributed by atoms with Crippen molar-refractivity contribution in [2.75, 3.05) is 19.8 Å². The Morgan fingerprint density at radius 1 is 0.687 bits per heavy atom. The highest BCUT2D eigenvalue weighted by Gasteiger charge is 2.60. The van der Waals surface area contributed by atoms with E-state index >= 15 is 0 Å². The third-order valence-electron chi connectivity index (χ3n) is 11.5. The quantitative estimate of drug-likeness (QED) is 0.0641. The number of ether oxygens (including phenoxy) is 8. The van der Waals surface area contributed by atoms with E-state index in [4.69, 9.17) is 37.9 Å². The number of rotatable bonds is 16. The molecule has 26 heteroatoms. The number of carboxylic acids is 1. The van der Waals surface area contributed by atoms with Crippen molar-refractivity contribution in [1.82, 2.24) is 10.6 Å². The van der Waals surface area contributed by atoms with Crippen LogP contribution in [0.25, 0.3) is 0 Å². The van der Waals surface area contributed by atoms with Crippen LogP contribution in [0.4, 0.5) is 0 Å². The highest BCUT2D eigenvalue weighted by Crippen LogP contribution is 2.43. The maximum atomic E-state index is 14.1. The summed E-state index contributed by atoms with van der Waals surface area (Å²) < 4.78 is 47.3. The average molecular weight is 973 g/mol. The van der Waals surface area contributed by atoms with Crippen molar-refractivity contribution in [3.8, 4) is 0 Å². The molecule has 0 spiro atoms. The second-order valence-electron chi connectivity index (χ2n) is 19.2. The molecule has 67 heavy (non-hydrogen) atoms. The lowest BCUT2D eigenvalue weighted by atomic mass is 9.75. The number of amides is 2. The fourth-order valence-electron chi connectivity index (χ4n) is 8.41. The third kappa shape index (κ3) is 13.7. The number of hydrogen-bond donors (Lipinski definition) is 13. The molecule has 4 rings (SSSR count). The van der Waals surface area contributed by atoms with Crippen molar-refractivity contribution in [3.05, 3.63) is 0 Å². The van der Waals surface area contributed by atoms with Crippen LogP contribution in [0.3, 0.4) is 0 Å². The predicted octanol–water partition coefficient (Wildman–Crippen LogP) is -5.62. The van der Waals surface area contributed by atoms with Gasteiger partial charge in [0.05, 0.1) is 56.0 Å². The molecule has 3 heterocycles. The molecule has 26 nitrogen and oxygen atoms in total. The first-order valence-electron chi connectivity index (χ1n) is 21.8. The van der Waals surface area contributed by atoms with Crippen molar-refractivity contribution < 1.29 is 118 Å². The van der Waals surface area contributed by atoms with Crippen LogP contribution in [0.2, 0.25) is 0 Å². The molecular formula is C41H68N2O24. The highest BCUT2D eigenvalue weighted by atomic mass is 16.8. The Morgan fingerprint density at radius 3 is 1.66 bits per heavy atom. The van der Waals surface area contributed by atoms with Crippen LogP contribution < -0.4 is 10.6 Å². The zero-order chi connectivity index (χ0) is 50.7. The van der Waals surface area contributed by atoms with Gasteiger partial charge in [-0.15, -0.1) is 0 Å². The van der Waals surface area contributed by atoms with Crippen molar-refractivity contribution >= 4 is 29.7 Å². The van der Waals surface area contributed by atoms with Crippen LogP contribution in [0, 0.1) is 11.8 Å². The molecule has 4 fully saturated rings. The van der Waals surface area contributed by atoms with Gasteiger partial charge in [-0.2, -0.15) is 0 Å². The van der Waals surface area contributed by atoms with Gasteiger partial charge >= 0.3 is 17.9 Å². The van der Waals surface area contributed by atoms with E-state index < -0.39 is 202 Å². The summed E-state index contributed by atoms with van der Waals surface area (Å²) in [6.07, 6.45) is -30.4. The molecule has 13 N–H and O–H groups in total. The minimum atomic E-state index is -3.05. The van der Waals surface area contributed by atoms with E-state index in [0.29, 0.717) is 0 Å². The second kappa shape index (κ2) is 22.6. The number of nitrogens with one attached hydrogen (secondary N) is 2. The molecule has 1 saturated carbocycles. The van der Waals surface area contributed by atoms with Crippen LogP contribution in [-0.4, -0.2) is 227 Å². The lowest BCUT2D eigenvalue weighted by Crippen LogP contribution is -2.69. The number of aliphatic hydroxyl groups excluding tert-OH is 10. The summed E-state index contributed by atoms with van der Waals surface area (Å²) in [6, 6.07) is -3.31. The summed E-state index contributed by atoms with van der Waals surface area (Å²) in [5.74, 6) is -11.5. The largest absolute Gasteiger partial charge is 0.477 e. The molecule has 3 aliphatic heterocycles. The first kappa shape index (κ1) is 56.3. The van der Waals surface area contributed by atoms with Gasteiger partial charge in [-0.05, 0) is 54.4 Å². The molecule has 3 saturated heterocycles. The Labute approximate surface area is 385 Å². The number of carboxylic acid groups (broad SMARTS) is 1. The Hall–Kier alpha value is -3.29.